The van der Waals surface area contributed by atoms with Gasteiger partial charge < -0.3 is 4.74 Å². The lowest BCUT2D eigenvalue weighted by molar-refractivity contribution is -0.493. The Balaban J connectivity index is 4.74. The van der Waals surface area contributed by atoms with Crippen molar-refractivity contribution in [3.8, 4) is 0 Å². The number of hydrogen-bond acceptors (Lipinski definition) is 5. The summed E-state index contributed by atoms with van der Waals surface area (Å²) in [6.07, 6.45) is -0.174. The summed E-state index contributed by atoms with van der Waals surface area (Å²) in [6.45, 7) is 3.82. The highest BCUT2D eigenvalue weighted by Crippen LogP contribution is 2.24. The van der Waals surface area contributed by atoms with Gasteiger partial charge in [-0.1, -0.05) is 0 Å². The van der Waals surface area contributed by atoms with E-state index in [1.807, 2.05) is 0 Å². The van der Waals surface area contributed by atoms with Gasteiger partial charge in [0.1, 0.15) is 11.2 Å². The average Bonchev–Trinajstić information content (AvgIpc) is 2.01. The predicted molar refractivity (Wildman–Crippen MR) is 51.9 cm³/mol. The van der Waals surface area contributed by atoms with E-state index in [-0.39, 0.29) is 18.8 Å². The molecule has 0 aliphatic rings. The molecule has 0 saturated heterocycles. The van der Waals surface area contributed by atoms with Gasteiger partial charge in [0.05, 0.1) is 6.61 Å². The molecule has 0 saturated carbocycles. The number of rotatable bonds is 6. The van der Waals surface area contributed by atoms with Gasteiger partial charge in [-0.15, -0.1) is 0 Å². The molecule has 6 nitrogen and oxygen atoms in total. The molecular formula is C9H15NO5. The van der Waals surface area contributed by atoms with Crippen molar-refractivity contribution in [1.82, 2.24) is 0 Å². The number of ketones is 1. The predicted octanol–water partition coefficient (Wildman–Crippen LogP) is 0.812. The summed E-state index contributed by atoms with van der Waals surface area (Å²) in [5.41, 5.74) is -1.36. The Kier molecular flexibility index (Phi) is 4.90. The van der Waals surface area contributed by atoms with Crippen LogP contribution in [-0.2, 0) is 14.3 Å². The van der Waals surface area contributed by atoms with E-state index in [0.717, 1.165) is 0 Å². The van der Waals surface area contributed by atoms with E-state index in [0.29, 0.717) is 0 Å². The Morgan fingerprint density at radius 2 is 2.00 bits per heavy atom. The third kappa shape index (κ3) is 4.53. The zero-order valence-corrected chi connectivity index (χ0v) is 9.11. The number of carbonyl (C=O) groups excluding carboxylic acids is 2. The minimum atomic E-state index is -1.36. The number of esters is 1. The molecule has 1 atom stereocenters. The van der Waals surface area contributed by atoms with Crippen LogP contribution in [0.25, 0.3) is 0 Å². The summed E-state index contributed by atoms with van der Waals surface area (Å²) in [4.78, 5) is 32.2. The van der Waals surface area contributed by atoms with Crippen molar-refractivity contribution in [1.29, 1.82) is 0 Å². The van der Waals surface area contributed by atoms with Crippen LogP contribution in [0.5, 0.6) is 0 Å². The molecule has 1 unspecified atom stereocenters. The first-order valence-electron chi connectivity index (χ1n) is 4.60. The topological polar surface area (TPSA) is 86.5 Å². The molecule has 0 spiro atoms. The van der Waals surface area contributed by atoms with E-state index in [1.54, 1.807) is 6.92 Å². The molecule has 0 aromatic heterocycles. The van der Waals surface area contributed by atoms with Crippen molar-refractivity contribution in [2.24, 2.45) is 5.41 Å². The fourth-order valence-electron chi connectivity index (χ4n) is 1.33. The molecule has 15 heavy (non-hydrogen) atoms. The number of nitrogens with zero attached hydrogens (tertiary/aromatic N) is 1. The van der Waals surface area contributed by atoms with E-state index >= 15 is 0 Å². The molecule has 0 fully saturated rings. The van der Waals surface area contributed by atoms with Gasteiger partial charge in [-0.25, -0.2) is 0 Å². The number of carbonyl (C=O) groups is 2. The third-order valence-corrected chi connectivity index (χ3v) is 1.89. The maximum absolute atomic E-state index is 11.5. The van der Waals surface area contributed by atoms with Crippen molar-refractivity contribution in [2.75, 3.05) is 13.2 Å². The Hall–Kier alpha value is -1.46. The smallest absolute Gasteiger partial charge is 0.318 e. The summed E-state index contributed by atoms with van der Waals surface area (Å²) in [6, 6.07) is 0. The normalized spacial score (nSPS) is 14.1. The van der Waals surface area contributed by atoms with Crippen molar-refractivity contribution in [3.63, 3.8) is 0 Å². The molecule has 0 aliphatic carbocycles. The van der Waals surface area contributed by atoms with Crippen LogP contribution in [0.4, 0.5) is 0 Å². The molecule has 0 rings (SSSR count). The molecule has 0 aliphatic heterocycles. The van der Waals surface area contributed by atoms with Crippen LogP contribution in [0.2, 0.25) is 0 Å². The van der Waals surface area contributed by atoms with Gasteiger partial charge in [0.2, 0.25) is 6.54 Å². The summed E-state index contributed by atoms with van der Waals surface area (Å²) in [5, 5.41) is 10.4. The fourth-order valence-corrected chi connectivity index (χ4v) is 1.33. The van der Waals surface area contributed by atoms with Crippen molar-refractivity contribution >= 4 is 11.8 Å². The molecule has 0 N–H and O–H groups in total. The Morgan fingerprint density at radius 1 is 1.47 bits per heavy atom. The number of hydrogen-bond donors (Lipinski definition) is 0. The minimum Gasteiger partial charge on any atom is -0.465 e. The maximum atomic E-state index is 11.5. The average molecular weight is 217 g/mol. The molecule has 0 aromatic rings. The van der Waals surface area contributed by atoms with Crippen LogP contribution in [0.3, 0.4) is 0 Å². The van der Waals surface area contributed by atoms with Gasteiger partial charge in [-0.3, -0.25) is 19.7 Å². The highest BCUT2D eigenvalue weighted by molar-refractivity contribution is 5.85. The largest absolute Gasteiger partial charge is 0.465 e. The number of Topliss-reactive ketones (excluding diaryl/α,β-unsaturated/α-hetero) is 1. The minimum absolute atomic E-state index is 0.143. The van der Waals surface area contributed by atoms with E-state index < -0.39 is 22.9 Å². The number of nitro groups is 1. The van der Waals surface area contributed by atoms with Gasteiger partial charge in [0.25, 0.3) is 0 Å². The summed E-state index contributed by atoms with van der Waals surface area (Å²) >= 11 is 0. The van der Waals surface area contributed by atoms with Crippen molar-refractivity contribution in [3.05, 3.63) is 10.1 Å². The molecule has 0 aromatic carbocycles. The van der Waals surface area contributed by atoms with Gasteiger partial charge in [0, 0.05) is 11.3 Å². The van der Waals surface area contributed by atoms with E-state index in [4.69, 9.17) is 4.74 Å². The van der Waals surface area contributed by atoms with Crippen LogP contribution >= 0.6 is 0 Å². The second-order valence-electron chi connectivity index (χ2n) is 3.65. The lowest BCUT2D eigenvalue weighted by Gasteiger charge is -2.21. The Labute approximate surface area is 87.7 Å². The number of ether oxygens (including phenoxy) is 1. The first-order chi connectivity index (χ1) is 6.81. The van der Waals surface area contributed by atoms with Crippen molar-refractivity contribution in [2.45, 2.75) is 27.2 Å². The Morgan fingerprint density at radius 3 is 2.33 bits per heavy atom. The quantitative estimate of drug-likeness (QED) is 0.373. The first kappa shape index (κ1) is 13.5. The second-order valence-corrected chi connectivity index (χ2v) is 3.65. The van der Waals surface area contributed by atoms with E-state index in [1.165, 1.54) is 13.8 Å². The van der Waals surface area contributed by atoms with Crippen molar-refractivity contribution < 1.29 is 19.2 Å². The van der Waals surface area contributed by atoms with Gasteiger partial charge >= 0.3 is 5.97 Å². The van der Waals surface area contributed by atoms with Crippen LogP contribution in [-0.4, -0.2) is 29.8 Å². The molecule has 0 amide bonds. The summed E-state index contributed by atoms with van der Waals surface area (Å²) in [5.74, 6) is -0.968. The SMILES string of the molecule is CCOC(=O)C(C)(CC(C)=O)C[N+](=O)[O-]. The first-order valence-corrected chi connectivity index (χ1v) is 4.60. The van der Waals surface area contributed by atoms with Gasteiger partial charge in [0.15, 0.2) is 0 Å². The van der Waals surface area contributed by atoms with E-state index in [9.17, 15) is 19.7 Å². The highest BCUT2D eigenvalue weighted by Gasteiger charge is 2.41. The maximum Gasteiger partial charge on any atom is 0.318 e. The summed E-state index contributed by atoms with van der Waals surface area (Å²) in [7, 11) is 0. The third-order valence-electron chi connectivity index (χ3n) is 1.89. The van der Waals surface area contributed by atoms with Crippen LogP contribution in [0, 0.1) is 15.5 Å². The monoisotopic (exact) mass is 217 g/mol. The van der Waals surface area contributed by atoms with Gasteiger partial charge in [-0.05, 0) is 20.8 Å². The summed E-state index contributed by atoms with van der Waals surface area (Å²) < 4.78 is 4.71. The Bertz CT molecular complexity index is 258. The molecule has 0 bridgehead atoms. The van der Waals surface area contributed by atoms with E-state index in [2.05, 4.69) is 0 Å². The fraction of sp³-hybridized carbons (Fsp3) is 0.778. The second kappa shape index (κ2) is 5.43. The lowest BCUT2D eigenvalue weighted by Crippen LogP contribution is -2.38. The zero-order valence-electron chi connectivity index (χ0n) is 9.11. The standard InChI is InChI=1S/C9H15NO5/c1-4-15-8(12)9(3,5-7(2)11)6-10(13)14/h4-6H2,1-3H3. The lowest BCUT2D eigenvalue weighted by atomic mass is 9.85. The zero-order chi connectivity index (χ0) is 12.1. The molecule has 6 heteroatoms. The van der Waals surface area contributed by atoms with Crippen LogP contribution < -0.4 is 0 Å². The molecule has 86 valence electrons. The van der Waals surface area contributed by atoms with Gasteiger partial charge in [-0.2, -0.15) is 0 Å². The molecule has 0 radical (unpaired) electrons. The highest BCUT2D eigenvalue weighted by atomic mass is 16.6. The van der Waals surface area contributed by atoms with Crippen LogP contribution in [0.1, 0.15) is 27.2 Å². The van der Waals surface area contributed by atoms with Crippen LogP contribution in [0.15, 0.2) is 0 Å². The molecule has 0 heterocycles. The molecular weight excluding hydrogens is 202 g/mol.